The van der Waals surface area contributed by atoms with Crippen LogP contribution in [0.1, 0.15) is 30.4 Å². The number of hydrogen-bond acceptors (Lipinski definition) is 6. The molecule has 2 fully saturated rings. The van der Waals surface area contributed by atoms with Gasteiger partial charge >= 0.3 is 0 Å². The van der Waals surface area contributed by atoms with E-state index >= 15 is 0 Å². The quantitative estimate of drug-likeness (QED) is 0.772. The van der Waals surface area contributed by atoms with E-state index in [-0.39, 0.29) is 5.91 Å². The Balaban J connectivity index is 1.57. The summed E-state index contributed by atoms with van der Waals surface area (Å²) in [6.45, 7) is 6.45. The van der Waals surface area contributed by atoms with E-state index < -0.39 is 0 Å². The van der Waals surface area contributed by atoms with Gasteiger partial charge in [0.1, 0.15) is 11.6 Å². The summed E-state index contributed by atoms with van der Waals surface area (Å²) in [6, 6.07) is 0. The predicted octanol–water partition coefficient (Wildman–Crippen LogP) is -0.688. The Morgan fingerprint density at radius 3 is 2.52 bits per heavy atom. The summed E-state index contributed by atoms with van der Waals surface area (Å²) in [5.41, 5.74) is 5.26. The number of ether oxygens (including phenoxy) is 1. The maximum Gasteiger partial charge on any atom is 0.231 e. The van der Waals surface area contributed by atoms with Crippen molar-refractivity contribution in [1.29, 1.82) is 0 Å². The third kappa shape index (κ3) is 4.07. The van der Waals surface area contributed by atoms with E-state index in [1.807, 2.05) is 0 Å². The van der Waals surface area contributed by atoms with E-state index in [0.29, 0.717) is 12.5 Å². The molecular weight excluding hydrogens is 296 g/mol. The molecule has 23 heavy (non-hydrogen) atoms. The molecule has 2 aliphatic heterocycles. The number of nitrogens with zero attached hydrogens (tertiary/aromatic N) is 5. The highest BCUT2D eigenvalue weighted by Crippen LogP contribution is 2.26. The normalized spacial score (nSPS) is 21.6. The van der Waals surface area contributed by atoms with E-state index in [9.17, 15) is 4.79 Å². The second-order valence-electron chi connectivity index (χ2n) is 6.44. The minimum Gasteiger partial charge on any atom is -0.379 e. The van der Waals surface area contributed by atoms with Gasteiger partial charge in [-0.05, 0) is 25.9 Å². The van der Waals surface area contributed by atoms with E-state index in [1.165, 1.54) is 0 Å². The van der Waals surface area contributed by atoms with Crippen molar-refractivity contribution >= 4 is 5.91 Å². The number of primary amides is 1. The molecule has 2 saturated heterocycles. The molecule has 128 valence electrons. The van der Waals surface area contributed by atoms with Gasteiger partial charge in [-0.2, -0.15) is 0 Å². The Morgan fingerprint density at radius 2 is 1.87 bits per heavy atom. The van der Waals surface area contributed by atoms with Crippen molar-refractivity contribution < 1.29 is 9.53 Å². The first-order valence-electron chi connectivity index (χ1n) is 8.32. The Hall–Kier alpha value is -1.51. The van der Waals surface area contributed by atoms with Crippen LogP contribution in [0.5, 0.6) is 0 Å². The standard InChI is InChI=1S/C15H26N6O2/c1-19-14(11-21-6-8-23-9-7-21)17-18-15(19)12-2-4-20(5-3-12)10-13(16)22/h12H,2-11H2,1H3,(H2,16,22). The zero-order valence-electron chi connectivity index (χ0n) is 13.8. The molecule has 3 rings (SSSR count). The van der Waals surface area contributed by atoms with Crippen molar-refractivity contribution in [3.63, 3.8) is 0 Å². The molecule has 0 spiro atoms. The van der Waals surface area contributed by atoms with Gasteiger partial charge in [0.25, 0.3) is 0 Å². The molecule has 1 amide bonds. The maximum absolute atomic E-state index is 11.0. The molecule has 0 aromatic carbocycles. The van der Waals surface area contributed by atoms with Crippen LogP contribution in [0.3, 0.4) is 0 Å². The predicted molar refractivity (Wildman–Crippen MR) is 84.7 cm³/mol. The smallest absolute Gasteiger partial charge is 0.231 e. The summed E-state index contributed by atoms with van der Waals surface area (Å²) in [5.74, 6) is 2.23. The fraction of sp³-hybridized carbons (Fsp3) is 0.800. The van der Waals surface area contributed by atoms with Gasteiger partial charge in [0.05, 0.1) is 26.3 Å². The highest BCUT2D eigenvalue weighted by atomic mass is 16.5. The molecule has 8 nitrogen and oxygen atoms in total. The summed E-state index contributed by atoms with van der Waals surface area (Å²) >= 11 is 0. The van der Waals surface area contributed by atoms with Gasteiger partial charge in [-0.3, -0.25) is 14.6 Å². The third-order valence-corrected chi connectivity index (χ3v) is 4.80. The van der Waals surface area contributed by atoms with Gasteiger partial charge < -0.3 is 15.0 Å². The second kappa shape index (κ2) is 7.37. The summed E-state index contributed by atoms with van der Waals surface area (Å²) in [7, 11) is 2.06. The average molecular weight is 322 g/mol. The Kier molecular flexibility index (Phi) is 5.24. The van der Waals surface area contributed by atoms with E-state index in [0.717, 1.165) is 70.4 Å². The van der Waals surface area contributed by atoms with Crippen molar-refractivity contribution in [3.05, 3.63) is 11.6 Å². The zero-order valence-corrected chi connectivity index (χ0v) is 13.8. The number of amides is 1. The number of aromatic nitrogens is 3. The highest BCUT2D eigenvalue weighted by molar-refractivity contribution is 5.75. The number of carbonyl (C=O) groups is 1. The Labute approximate surface area is 136 Å². The lowest BCUT2D eigenvalue weighted by molar-refractivity contribution is -0.119. The van der Waals surface area contributed by atoms with Crippen molar-refractivity contribution in [1.82, 2.24) is 24.6 Å². The minimum absolute atomic E-state index is 0.255. The molecule has 2 aliphatic rings. The van der Waals surface area contributed by atoms with Gasteiger partial charge in [0.15, 0.2) is 0 Å². The highest BCUT2D eigenvalue weighted by Gasteiger charge is 2.26. The molecule has 3 heterocycles. The molecular formula is C15H26N6O2. The van der Waals surface area contributed by atoms with Gasteiger partial charge in [-0.1, -0.05) is 0 Å². The number of morpholine rings is 1. The molecule has 0 unspecified atom stereocenters. The van der Waals surface area contributed by atoms with Crippen LogP contribution in [0.2, 0.25) is 0 Å². The average Bonchev–Trinajstić information content (AvgIpc) is 2.90. The minimum atomic E-state index is -0.255. The lowest BCUT2D eigenvalue weighted by Gasteiger charge is -2.30. The summed E-state index contributed by atoms with van der Waals surface area (Å²) in [5, 5.41) is 8.83. The van der Waals surface area contributed by atoms with Crippen LogP contribution in [-0.4, -0.2) is 76.4 Å². The Bertz CT molecular complexity index is 532. The number of nitrogens with two attached hydrogens (primary N) is 1. The first kappa shape index (κ1) is 16.4. The lowest BCUT2D eigenvalue weighted by Crippen LogP contribution is -2.39. The molecule has 1 aromatic heterocycles. The monoisotopic (exact) mass is 322 g/mol. The maximum atomic E-state index is 11.0. The lowest BCUT2D eigenvalue weighted by atomic mass is 9.96. The number of likely N-dealkylation sites (tertiary alicyclic amines) is 1. The van der Waals surface area contributed by atoms with Crippen molar-refractivity contribution in [2.24, 2.45) is 12.8 Å². The van der Waals surface area contributed by atoms with Crippen molar-refractivity contribution in [2.45, 2.75) is 25.3 Å². The topological polar surface area (TPSA) is 89.5 Å². The SMILES string of the molecule is Cn1c(CN2CCOCC2)nnc1C1CCN(CC(N)=O)CC1. The molecule has 2 N–H and O–H groups in total. The van der Waals surface area contributed by atoms with Gasteiger partial charge in [-0.25, -0.2) is 0 Å². The zero-order chi connectivity index (χ0) is 16.2. The van der Waals surface area contributed by atoms with Crippen LogP contribution in [0.15, 0.2) is 0 Å². The number of hydrogen-bond donors (Lipinski definition) is 1. The number of carbonyl (C=O) groups excluding carboxylic acids is 1. The second-order valence-corrected chi connectivity index (χ2v) is 6.44. The Morgan fingerprint density at radius 1 is 1.17 bits per heavy atom. The summed E-state index contributed by atoms with van der Waals surface area (Å²) in [6.07, 6.45) is 1.99. The van der Waals surface area contributed by atoms with Gasteiger partial charge in [-0.15, -0.1) is 10.2 Å². The largest absolute Gasteiger partial charge is 0.379 e. The van der Waals surface area contributed by atoms with Gasteiger partial charge in [0.2, 0.25) is 5.91 Å². The van der Waals surface area contributed by atoms with Crippen LogP contribution in [-0.2, 0) is 23.1 Å². The fourth-order valence-corrected chi connectivity index (χ4v) is 3.40. The first-order chi connectivity index (χ1) is 11.1. The van der Waals surface area contributed by atoms with E-state index in [1.54, 1.807) is 0 Å². The van der Waals surface area contributed by atoms with E-state index in [4.69, 9.17) is 10.5 Å². The molecule has 1 aromatic rings. The summed E-state index contributed by atoms with van der Waals surface area (Å²) < 4.78 is 7.53. The van der Waals surface area contributed by atoms with Crippen LogP contribution in [0.25, 0.3) is 0 Å². The number of rotatable bonds is 5. The third-order valence-electron chi connectivity index (χ3n) is 4.80. The number of piperidine rings is 1. The van der Waals surface area contributed by atoms with Crippen molar-refractivity contribution in [3.8, 4) is 0 Å². The first-order valence-corrected chi connectivity index (χ1v) is 8.32. The summed E-state index contributed by atoms with van der Waals surface area (Å²) in [4.78, 5) is 15.5. The molecule has 0 saturated carbocycles. The fourth-order valence-electron chi connectivity index (χ4n) is 3.40. The van der Waals surface area contributed by atoms with Crippen LogP contribution in [0.4, 0.5) is 0 Å². The van der Waals surface area contributed by atoms with Crippen LogP contribution in [0, 0.1) is 0 Å². The van der Waals surface area contributed by atoms with Crippen molar-refractivity contribution in [2.75, 3.05) is 45.9 Å². The van der Waals surface area contributed by atoms with E-state index in [2.05, 4.69) is 31.6 Å². The molecule has 8 heteroatoms. The van der Waals surface area contributed by atoms with Crippen LogP contribution >= 0.6 is 0 Å². The van der Waals surface area contributed by atoms with Gasteiger partial charge in [0, 0.05) is 26.1 Å². The van der Waals surface area contributed by atoms with Crippen LogP contribution < -0.4 is 5.73 Å². The molecule has 0 radical (unpaired) electrons. The molecule has 0 aliphatic carbocycles. The molecule has 0 atom stereocenters. The molecule has 0 bridgehead atoms.